The van der Waals surface area contributed by atoms with E-state index in [4.69, 9.17) is 0 Å². The van der Waals surface area contributed by atoms with E-state index in [2.05, 4.69) is 44.7 Å². The Hall–Kier alpha value is -0.430. The molecule has 6 heteroatoms. The molecule has 2 N–H and O–H groups in total. The number of rotatable bonds is 8. The Kier molecular flexibility index (Phi) is 6.40. The Morgan fingerprint density at radius 3 is 2.48 bits per heavy atom. The molecule has 0 radical (unpaired) electrons. The summed E-state index contributed by atoms with van der Waals surface area (Å²) in [6.45, 7) is 13.4. The molecular formula is C15H28N2O2S2. The maximum atomic E-state index is 12.4. The van der Waals surface area contributed by atoms with Crippen molar-refractivity contribution in [1.29, 1.82) is 0 Å². The van der Waals surface area contributed by atoms with E-state index < -0.39 is 10.0 Å². The van der Waals surface area contributed by atoms with E-state index in [1.807, 2.05) is 6.92 Å². The average molecular weight is 333 g/mol. The van der Waals surface area contributed by atoms with Gasteiger partial charge in [-0.15, -0.1) is 11.3 Å². The summed E-state index contributed by atoms with van der Waals surface area (Å²) in [6.07, 6.45) is 0.932. The molecule has 1 aromatic heterocycles. The van der Waals surface area contributed by atoms with E-state index in [-0.39, 0.29) is 5.41 Å². The van der Waals surface area contributed by atoms with E-state index in [1.54, 1.807) is 17.4 Å². The molecular weight excluding hydrogens is 304 g/mol. The summed E-state index contributed by atoms with van der Waals surface area (Å²) in [4.78, 5) is 2.31. The van der Waals surface area contributed by atoms with Gasteiger partial charge in [-0.25, -0.2) is 13.1 Å². The van der Waals surface area contributed by atoms with Crippen LogP contribution >= 0.6 is 11.3 Å². The third-order valence-electron chi connectivity index (χ3n) is 3.60. The van der Waals surface area contributed by atoms with Gasteiger partial charge in [0.1, 0.15) is 0 Å². The molecule has 0 saturated heterocycles. The Balaban J connectivity index is 2.84. The molecule has 0 bridgehead atoms. The zero-order valence-electron chi connectivity index (χ0n) is 13.9. The molecule has 0 amide bonds. The highest BCUT2D eigenvalue weighted by Crippen LogP contribution is 2.26. The number of sulfonamides is 1. The van der Waals surface area contributed by atoms with Gasteiger partial charge in [-0.3, -0.25) is 0 Å². The number of aryl methyl sites for hydroxylation is 1. The molecule has 0 aliphatic rings. The Labute approximate surface area is 133 Å². The van der Waals surface area contributed by atoms with Crippen LogP contribution in [0.1, 0.15) is 50.8 Å². The molecule has 0 saturated carbocycles. The number of hydrogen-bond donors (Lipinski definition) is 2. The van der Waals surface area contributed by atoms with Crippen LogP contribution in [0.2, 0.25) is 0 Å². The van der Waals surface area contributed by atoms with Crippen LogP contribution in [0.15, 0.2) is 11.0 Å². The quantitative estimate of drug-likeness (QED) is 0.768. The molecule has 122 valence electrons. The van der Waals surface area contributed by atoms with Crippen molar-refractivity contribution in [2.24, 2.45) is 5.41 Å². The second kappa shape index (κ2) is 7.22. The monoisotopic (exact) mass is 332 g/mol. The van der Waals surface area contributed by atoms with E-state index in [9.17, 15) is 8.42 Å². The lowest BCUT2D eigenvalue weighted by molar-refractivity contribution is 0.350. The van der Waals surface area contributed by atoms with Crippen LogP contribution in [-0.2, 0) is 16.6 Å². The molecule has 0 spiro atoms. The number of nitrogens with one attached hydrogen (secondary N) is 2. The lowest BCUT2D eigenvalue weighted by Crippen LogP contribution is -2.33. The highest BCUT2D eigenvalue weighted by Gasteiger charge is 2.23. The topological polar surface area (TPSA) is 58.2 Å². The van der Waals surface area contributed by atoms with E-state index in [0.29, 0.717) is 24.0 Å². The highest BCUT2D eigenvalue weighted by molar-refractivity contribution is 7.89. The first-order valence-corrected chi connectivity index (χ1v) is 9.70. The molecule has 0 fully saturated rings. The molecule has 0 unspecified atom stereocenters. The zero-order valence-corrected chi connectivity index (χ0v) is 15.5. The smallest absolute Gasteiger partial charge is 0.241 e. The first-order valence-electron chi connectivity index (χ1n) is 7.40. The number of thiophene rings is 1. The summed E-state index contributed by atoms with van der Waals surface area (Å²) in [6, 6.07) is 2.17. The van der Waals surface area contributed by atoms with Gasteiger partial charge in [-0.2, -0.15) is 0 Å². The molecule has 0 aliphatic carbocycles. The molecule has 0 aliphatic heterocycles. The average Bonchev–Trinajstić information content (AvgIpc) is 2.76. The normalized spacial score (nSPS) is 13.1. The lowest BCUT2D eigenvalue weighted by atomic mass is 9.91. The van der Waals surface area contributed by atoms with Crippen molar-refractivity contribution < 1.29 is 8.42 Å². The van der Waals surface area contributed by atoms with Gasteiger partial charge >= 0.3 is 0 Å². The maximum absolute atomic E-state index is 12.4. The van der Waals surface area contributed by atoms with Crippen molar-refractivity contribution in [3.8, 4) is 0 Å². The second-order valence-corrected chi connectivity index (χ2v) is 9.59. The Morgan fingerprint density at radius 1 is 1.33 bits per heavy atom. The van der Waals surface area contributed by atoms with Crippen molar-refractivity contribution in [3.63, 3.8) is 0 Å². The molecule has 21 heavy (non-hydrogen) atoms. The minimum absolute atomic E-state index is 0.0287. The van der Waals surface area contributed by atoms with Crippen molar-refractivity contribution >= 4 is 21.4 Å². The highest BCUT2D eigenvalue weighted by atomic mass is 32.2. The first-order chi connectivity index (χ1) is 9.57. The fraction of sp³-hybridized carbons (Fsp3) is 0.733. The van der Waals surface area contributed by atoms with Crippen molar-refractivity contribution in [2.75, 3.05) is 6.54 Å². The van der Waals surface area contributed by atoms with E-state index in [0.717, 1.165) is 16.2 Å². The summed E-state index contributed by atoms with van der Waals surface area (Å²) >= 11 is 1.54. The van der Waals surface area contributed by atoms with Gasteiger partial charge in [-0.1, -0.05) is 34.6 Å². The van der Waals surface area contributed by atoms with Gasteiger partial charge in [0.2, 0.25) is 10.0 Å². The van der Waals surface area contributed by atoms with E-state index in [1.165, 1.54) is 0 Å². The van der Waals surface area contributed by atoms with Gasteiger partial charge < -0.3 is 5.32 Å². The predicted octanol–water partition coefficient (Wildman–Crippen LogP) is 3.27. The van der Waals surface area contributed by atoms with Crippen LogP contribution in [0.5, 0.6) is 0 Å². The largest absolute Gasteiger partial charge is 0.310 e. The summed E-state index contributed by atoms with van der Waals surface area (Å²) in [5, 5.41) is 3.31. The molecule has 4 nitrogen and oxygen atoms in total. The van der Waals surface area contributed by atoms with Crippen molar-refractivity contribution in [2.45, 2.75) is 65.4 Å². The number of hydrogen-bond acceptors (Lipinski definition) is 4. The van der Waals surface area contributed by atoms with Crippen molar-refractivity contribution in [1.82, 2.24) is 10.0 Å². The maximum Gasteiger partial charge on any atom is 0.241 e. The summed E-state index contributed by atoms with van der Waals surface area (Å²) < 4.78 is 27.6. The van der Waals surface area contributed by atoms with Crippen LogP contribution in [0.3, 0.4) is 0 Å². The Morgan fingerprint density at radius 2 is 1.95 bits per heavy atom. The Bertz CT molecular complexity index is 560. The van der Waals surface area contributed by atoms with Crippen LogP contribution in [0, 0.1) is 12.3 Å². The molecule has 1 aromatic rings. The summed E-state index contributed by atoms with van der Waals surface area (Å²) in [7, 11) is -3.42. The molecule has 1 rings (SSSR count). The van der Waals surface area contributed by atoms with Crippen LogP contribution in [-0.4, -0.2) is 21.0 Å². The minimum atomic E-state index is -3.42. The molecule has 1 heterocycles. The van der Waals surface area contributed by atoms with Gasteiger partial charge in [0.05, 0.1) is 4.90 Å². The minimum Gasteiger partial charge on any atom is -0.310 e. The van der Waals surface area contributed by atoms with Gasteiger partial charge in [-0.05, 0) is 24.8 Å². The predicted molar refractivity (Wildman–Crippen MR) is 90.3 cm³/mol. The van der Waals surface area contributed by atoms with E-state index >= 15 is 0 Å². The first kappa shape index (κ1) is 18.6. The standard InChI is InChI=1S/C15H28N2O2S2/c1-7-15(5,6)10-17-21(18,19)14-8-13(20-12(14)4)9-16-11(2)3/h8,11,16-17H,7,9-10H2,1-6H3. The van der Waals surface area contributed by atoms with Crippen molar-refractivity contribution in [3.05, 3.63) is 15.8 Å². The lowest BCUT2D eigenvalue weighted by Gasteiger charge is -2.22. The van der Waals surface area contributed by atoms with Crippen LogP contribution in [0.25, 0.3) is 0 Å². The zero-order chi connectivity index (χ0) is 16.3. The summed E-state index contributed by atoms with van der Waals surface area (Å²) in [5.74, 6) is 0. The van der Waals surface area contributed by atoms with Gasteiger partial charge in [0, 0.05) is 28.9 Å². The fourth-order valence-electron chi connectivity index (χ4n) is 1.68. The van der Waals surface area contributed by atoms with Crippen LogP contribution in [0.4, 0.5) is 0 Å². The fourth-order valence-corrected chi connectivity index (χ4v) is 4.50. The SMILES string of the molecule is CCC(C)(C)CNS(=O)(=O)c1cc(CNC(C)C)sc1C. The van der Waals surface area contributed by atoms with Gasteiger partial charge in [0.15, 0.2) is 0 Å². The second-order valence-electron chi connectivity index (χ2n) is 6.51. The van der Waals surface area contributed by atoms with Gasteiger partial charge in [0.25, 0.3) is 0 Å². The molecule has 0 aromatic carbocycles. The van der Waals surface area contributed by atoms with Crippen LogP contribution < -0.4 is 10.0 Å². The third-order valence-corrected chi connectivity index (χ3v) is 6.30. The third kappa shape index (κ3) is 5.70. The summed E-state index contributed by atoms with van der Waals surface area (Å²) in [5.41, 5.74) is -0.0287. The molecule has 0 atom stereocenters.